The van der Waals surface area contributed by atoms with Crippen LogP contribution in [0.3, 0.4) is 0 Å². The molecular formula is C20H20N2S. The summed E-state index contributed by atoms with van der Waals surface area (Å²) in [7, 11) is 0. The Labute approximate surface area is 141 Å². The maximum atomic E-state index is 4.90. The molecule has 0 fully saturated rings. The van der Waals surface area contributed by atoms with Crippen molar-refractivity contribution in [2.75, 3.05) is 0 Å². The largest absolute Gasteiger partial charge is 0.313 e. The van der Waals surface area contributed by atoms with Crippen molar-refractivity contribution in [2.45, 2.75) is 20.4 Å². The highest BCUT2D eigenvalue weighted by atomic mass is 32.1. The zero-order chi connectivity index (χ0) is 16.2. The van der Waals surface area contributed by atoms with E-state index >= 15 is 0 Å². The van der Waals surface area contributed by atoms with Crippen LogP contribution in [0.2, 0.25) is 0 Å². The normalized spacial score (nSPS) is 11.7. The summed E-state index contributed by atoms with van der Waals surface area (Å²) >= 11 is 1.67. The van der Waals surface area contributed by atoms with Gasteiger partial charge in [-0.2, -0.15) is 0 Å². The van der Waals surface area contributed by atoms with Gasteiger partial charge in [-0.3, -0.25) is 0 Å². The lowest BCUT2D eigenvalue weighted by molar-refractivity contribution is 0.800. The number of thiazole rings is 1. The average Bonchev–Trinajstić information content (AvgIpc) is 2.96. The third-order valence-corrected chi connectivity index (χ3v) is 4.83. The summed E-state index contributed by atoms with van der Waals surface area (Å²) in [6.45, 7) is 8.88. The van der Waals surface area contributed by atoms with Crippen LogP contribution in [0.4, 0.5) is 5.69 Å². The van der Waals surface area contributed by atoms with Crippen LogP contribution in [-0.4, -0.2) is 4.57 Å². The highest BCUT2D eigenvalue weighted by Gasteiger charge is 2.07. The molecule has 0 atom stereocenters. The Kier molecular flexibility index (Phi) is 4.58. The molecule has 3 aromatic rings. The standard InChI is InChI=1S/C20H20N2S/c1-4-13-22-19(17-10-6-5-7-11-17)14-23-20(22)21-18-12-8-9-15(2)16(18)3/h4-12,14H,1,13H2,2-3H3. The van der Waals surface area contributed by atoms with Crippen molar-refractivity contribution in [1.82, 2.24) is 4.57 Å². The van der Waals surface area contributed by atoms with Gasteiger partial charge in [0.15, 0.2) is 4.80 Å². The Hall–Kier alpha value is -2.39. The van der Waals surface area contributed by atoms with E-state index in [1.165, 1.54) is 22.4 Å². The molecule has 0 amide bonds. The minimum atomic E-state index is 0.747. The summed E-state index contributed by atoms with van der Waals surface area (Å²) in [6.07, 6.45) is 1.92. The summed E-state index contributed by atoms with van der Waals surface area (Å²) in [6, 6.07) is 16.7. The van der Waals surface area contributed by atoms with Crippen molar-refractivity contribution in [2.24, 2.45) is 4.99 Å². The quantitative estimate of drug-likeness (QED) is 0.584. The molecule has 23 heavy (non-hydrogen) atoms. The number of aryl methyl sites for hydroxylation is 1. The number of allylic oxidation sites excluding steroid dienone is 1. The molecule has 116 valence electrons. The van der Waals surface area contributed by atoms with Crippen LogP contribution < -0.4 is 4.80 Å². The van der Waals surface area contributed by atoms with Crippen molar-refractivity contribution in [3.05, 3.63) is 82.5 Å². The predicted molar refractivity (Wildman–Crippen MR) is 99.1 cm³/mol. The van der Waals surface area contributed by atoms with E-state index < -0.39 is 0 Å². The Morgan fingerprint density at radius 1 is 1.09 bits per heavy atom. The molecule has 0 aliphatic carbocycles. The molecular weight excluding hydrogens is 300 g/mol. The van der Waals surface area contributed by atoms with E-state index in [0.717, 1.165) is 17.0 Å². The first-order chi connectivity index (χ1) is 11.2. The number of hydrogen-bond donors (Lipinski definition) is 0. The number of aromatic nitrogens is 1. The molecule has 0 unspecified atom stereocenters. The van der Waals surface area contributed by atoms with Gasteiger partial charge in [0.05, 0.1) is 11.4 Å². The maximum absolute atomic E-state index is 4.90. The Balaban J connectivity index is 2.17. The van der Waals surface area contributed by atoms with Crippen molar-refractivity contribution in [1.29, 1.82) is 0 Å². The first kappa shape index (κ1) is 15.5. The SMILES string of the molecule is C=CCn1c(-c2ccccc2)csc1=Nc1cccc(C)c1C. The molecule has 0 radical (unpaired) electrons. The van der Waals surface area contributed by atoms with Crippen molar-refractivity contribution < 1.29 is 0 Å². The van der Waals surface area contributed by atoms with Gasteiger partial charge in [-0.15, -0.1) is 17.9 Å². The first-order valence-electron chi connectivity index (χ1n) is 7.66. The number of benzene rings is 2. The highest BCUT2D eigenvalue weighted by Crippen LogP contribution is 2.23. The smallest absolute Gasteiger partial charge is 0.190 e. The molecule has 0 spiro atoms. The van der Waals surface area contributed by atoms with Crippen LogP contribution >= 0.6 is 11.3 Å². The van der Waals surface area contributed by atoms with E-state index in [2.05, 4.69) is 72.8 Å². The summed E-state index contributed by atoms with van der Waals surface area (Å²) < 4.78 is 2.22. The average molecular weight is 320 g/mol. The van der Waals surface area contributed by atoms with Crippen LogP contribution in [-0.2, 0) is 6.54 Å². The Morgan fingerprint density at radius 2 is 1.87 bits per heavy atom. The number of hydrogen-bond acceptors (Lipinski definition) is 2. The zero-order valence-electron chi connectivity index (χ0n) is 13.5. The number of nitrogens with zero attached hydrogens (tertiary/aromatic N) is 2. The van der Waals surface area contributed by atoms with E-state index in [4.69, 9.17) is 4.99 Å². The topological polar surface area (TPSA) is 17.3 Å². The van der Waals surface area contributed by atoms with Gasteiger partial charge in [0, 0.05) is 11.9 Å². The van der Waals surface area contributed by atoms with E-state index in [-0.39, 0.29) is 0 Å². The van der Waals surface area contributed by atoms with Crippen molar-refractivity contribution in [3.63, 3.8) is 0 Å². The molecule has 0 aliphatic rings. The number of rotatable bonds is 4. The lowest BCUT2D eigenvalue weighted by Gasteiger charge is -2.07. The fourth-order valence-corrected chi connectivity index (χ4v) is 3.46. The fourth-order valence-electron chi connectivity index (χ4n) is 2.52. The Bertz CT molecular complexity index is 886. The second-order valence-corrected chi connectivity index (χ2v) is 6.34. The van der Waals surface area contributed by atoms with Gasteiger partial charge in [0.25, 0.3) is 0 Å². The predicted octanol–water partition coefficient (Wildman–Crippen LogP) is 5.25. The van der Waals surface area contributed by atoms with Crippen LogP contribution in [0, 0.1) is 13.8 Å². The molecule has 2 aromatic carbocycles. The first-order valence-corrected chi connectivity index (χ1v) is 8.54. The van der Waals surface area contributed by atoms with Crippen molar-refractivity contribution >= 4 is 17.0 Å². The lowest BCUT2D eigenvalue weighted by Crippen LogP contribution is -2.14. The molecule has 3 rings (SSSR count). The minimum Gasteiger partial charge on any atom is -0.313 e. The fraction of sp³-hybridized carbons (Fsp3) is 0.150. The van der Waals surface area contributed by atoms with Crippen LogP contribution in [0.1, 0.15) is 11.1 Å². The minimum absolute atomic E-state index is 0.747. The van der Waals surface area contributed by atoms with E-state index in [0.29, 0.717) is 0 Å². The van der Waals surface area contributed by atoms with E-state index in [1.54, 1.807) is 11.3 Å². The summed E-state index contributed by atoms with van der Waals surface area (Å²) in [5, 5.41) is 2.17. The monoisotopic (exact) mass is 320 g/mol. The highest BCUT2D eigenvalue weighted by molar-refractivity contribution is 7.07. The summed E-state index contributed by atoms with van der Waals surface area (Å²) in [5.41, 5.74) is 5.91. The van der Waals surface area contributed by atoms with Crippen LogP contribution in [0.25, 0.3) is 11.3 Å². The molecule has 1 aromatic heterocycles. The third-order valence-electron chi connectivity index (χ3n) is 3.97. The van der Waals surface area contributed by atoms with Gasteiger partial charge in [-0.05, 0) is 36.6 Å². The molecule has 2 nitrogen and oxygen atoms in total. The lowest BCUT2D eigenvalue weighted by atomic mass is 10.1. The Morgan fingerprint density at radius 3 is 2.61 bits per heavy atom. The van der Waals surface area contributed by atoms with Crippen LogP contribution in [0.15, 0.2) is 71.6 Å². The van der Waals surface area contributed by atoms with Gasteiger partial charge in [-0.25, -0.2) is 4.99 Å². The third kappa shape index (κ3) is 3.20. The van der Waals surface area contributed by atoms with Crippen molar-refractivity contribution in [3.8, 4) is 11.3 Å². The molecule has 0 saturated carbocycles. The second kappa shape index (κ2) is 6.80. The van der Waals surface area contributed by atoms with Gasteiger partial charge in [0.2, 0.25) is 0 Å². The van der Waals surface area contributed by atoms with Gasteiger partial charge >= 0.3 is 0 Å². The van der Waals surface area contributed by atoms with Crippen LogP contribution in [0.5, 0.6) is 0 Å². The molecule has 3 heteroatoms. The maximum Gasteiger partial charge on any atom is 0.190 e. The molecule has 0 saturated heterocycles. The van der Waals surface area contributed by atoms with E-state index in [9.17, 15) is 0 Å². The van der Waals surface area contributed by atoms with E-state index in [1.807, 2.05) is 12.1 Å². The molecule has 0 bridgehead atoms. The van der Waals surface area contributed by atoms with Gasteiger partial charge in [0.1, 0.15) is 0 Å². The second-order valence-electron chi connectivity index (χ2n) is 5.50. The molecule has 0 aliphatic heterocycles. The van der Waals surface area contributed by atoms with Gasteiger partial charge in [-0.1, -0.05) is 48.5 Å². The summed E-state index contributed by atoms with van der Waals surface area (Å²) in [4.78, 5) is 5.90. The summed E-state index contributed by atoms with van der Waals surface area (Å²) in [5.74, 6) is 0. The molecule has 0 N–H and O–H groups in total. The molecule has 1 heterocycles. The van der Waals surface area contributed by atoms with Gasteiger partial charge < -0.3 is 4.57 Å². The zero-order valence-corrected chi connectivity index (χ0v) is 14.3.